The Kier molecular flexibility index (Phi) is 6.83. The average molecular weight is 472 g/mol. The smallest absolute Gasteiger partial charge is 0.260 e. The van der Waals surface area contributed by atoms with Crippen molar-refractivity contribution >= 4 is 39.1 Å². The van der Waals surface area contributed by atoms with Gasteiger partial charge < -0.3 is 10.6 Å². The van der Waals surface area contributed by atoms with E-state index in [2.05, 4.69) is 40.7 Å². The van der Waals surface area contributed by atoms with Gasteiger partial charge in [-0.05, 0) is 56.5 Å². The van der Waals surface area contributed by atoms with Gasteiger partial charge in [0.1, 0.15) is 5.82 Å². The standard InChI is InChI=1S/C27H29N5OS/c1-19(21-7-3-2-4-8-21)30-27-29-16-13-25(31-27)32(17-20-11-14-28-15-12-20)26(33)23-18-34-24-10-6-5-9-22(23)24/h2-10,13,16,18-20,28H,11-12,14-15,17H2,1H3,(H,29,30,31)/t19-/m0/s1. The summed E-state index contributed by atoms with van der Waals surface area (Å²) in [6.45, 7) is 4.70. The van der Waals surface area contributed by atoms with E-state index in [9.17, 15) is 4.79 Å². The molecule has 0 saturated carbocycles. The Labute approximate surface area is 204 Å². The highest BCUT2D eigenvalue weighted by Gasteiger charge is 2.26. The minimum Gasteiger partial charge on any atom is -0.348 e. The number of nitrogens with zero attached hydrogens (tertiary/aromatic N) is 3. The molecule has 0 radical (unpaired) electrons. The third kappa shape index (κ3) is 4.95. The van der Waals surface area contributed by atoms with Crippen LogP contribution in [0.25, 0.3) is 10.1 Å². The molecule has 5 rings (SSSR count). The number of rotatable bonds is 7. The van der Waals surface area contributed by atoms with Crippen molar-refractivity contribution in [2.45, 2.75) is 25.8 Å². The van der Waals surface area contributed by atoms with E-state index in [1.807, 2.05) is 52.7 Å². The van der Waals surface area contributed by atoms with Crippen molar-refractivity contribution in [2.75, 3.05) is 29.9 Å². The monoisotopic (exact) mass is 471 g/mol. The van der Waals surface area contributed by atoms with E-state index >= 15 is 0 Å². The first-order valence-electron chi connectivity index (χ1n) is 11.8. The first-order chi connectivity index (χ1) is 16.7. The van der Waals surface area contributed by atoms with E-state index in [1.165, 1.54) is 0 Å². The highest BCUT2D eigenvalue weighted by molar-refractivity contribution is 7.17. The van der Waals surface area contributed by atoms with E-state index in [0.29, 0.717) is 24.2 Å². The van der Waals surface area contributed by atoms with Crippen molar-refractivity contribution in [1.82, 2.24) is 15.3 Å². The lowest BCUT2D eigenvalue weighted by atomic mass is 9.97. The molecule has 0 spiro atoms. The zero-order chi connectivity index (χ0) is 23.3. The van der Waals surface area contributed by atoms with E-state index in [1.54, 1.807) is 17.5 Å². The topological polar surface area (TPSA) is 70.2 Å². The van der Waals surface area contributed by atoms with Gasteiger partial charge in [-0.1, -0.05) is 48.5 Å². The molecule has 4 aromatic rings. The number of hydrogen-bond acceptors (Lipinski definition) is 6. The number of carbonyl (C=O) groups excluding carboxylic acids is 1. The fourth-order valence-corrected chi connectivity index (χ4v) is 5.41. The Morgan fingerprint density at radius 1 is 1.12 bits per heavy atom. The molecule has 1 atom stereocenters. The second-order valence-electron chi connectivity index (χ2n) is 8.77. The van der Waals surface area contributed by atoms with Crippen molar-refractivity contribution in [3.63, 3.8) is 0 Å². The maximum absolute atomic E-state index is 13.9. The van der Waals surface area contributed by atoms with Crippen molar-refractivity contribution in [1.29, 1.82) is 0 Å². The molecule has 174 valence electrons. The normalized spacial score (nSPS) is 15.2. The molecule has 7 heteroatoms. The molecule has 1 aliphatic heterocycles. The zero-order valence-corrected chi connectivity index (χ0v) is 20.1. The van der Waals surface area contributed by atoms with E-state index < -0.39 is 0 Å². The number of carbonyl (C=O) groups is 1. The summed E-state index contributed by atoms with van der Waals surface area (Å²) in [5.74, 6) is 1.59. The van der Waals surface area contributed by atoms with Gasteiger partial charge in [-0.15, -0.1) is 11.3 Å². The molecule has 0 bridgehead atoms. The lowest BCUT2D eigenvalue weighted by Crippen LogP contribution is -2.40. The number of fused-ring (bicyclic) bond motifs is 1. The molecule has 0 unspecified atom stereocenters. The van der Waals surface area contributed by atoms with Crippen LogP contribution in [0.5, 0.6) is 0 Å². The number of benzene rings is 2. The minimum absolute atomic E-state index is 0.00302. The summed E-state index contributed by atoms with van der Waals surface area (Å²) in [5, 5.41) is 9.78. The first kappa shape index (κ1) is 22.5. The highest BCUT2D eigenvalue weighted by atomic mass is 32.1. The number of aromatic nitrogens is 2. The molecule has 34 heavy (non-hydrogen) atoms. The van der Waals surface area contributed by atoms with Gasteiger partial charge in [-0.25, -0.2) is 4.98 Å². The van der Waals surface area contributed by atoms with Gasteiger partial charge in [0.25, 0.3) is 5.91 Å². The third-order valence-corrected chi connectivity index (χ3v) is 7.38. The fraction of sp³-hybridized carbons (Fsp3) is 0.296. The minimum atomic E-state index is -0.00302. The predicted octanol–water partition coefficient (Wildman–Crippen LogP) is 5.51. The number of hydrogen-bond donors (Lipinski definition) is 2. The molecule has 1 amide bonds. The molecule has 1 aliphatic rings. The predicted molar refractivity (Wildman–Crippen MR) is 140 cm³/mol. The van der Waals surface area contributed by atoms with Crippen molar-refractivity contribution in [3.8, 4) is 0 Å². The Morgan fingerprint density at radius 3 is 2.71 bits per heavy atom. The van der Waals surface area contributed by atoms with Gasteiger partial charge in [0.15, 0.2) is 0 Å². The molecular formula is C27H29N5OS. The summed E-state index contributed by atoms with van der Waals surface area (Å²) in [5.41, 5.74) is 1.89. The van der Waals surface area contributed by atoms with Crippen LogP contribution in [-0.2, 0) is 0 Å². The fourth-order valence-electron chi connectivity index (χ4n) is 4.48. The second kappa shape index (κ2) is 10.3. The Morgan fingerprint density at radius 2 is 1.88 bits per heavy atom. The molecule has 2 aromatic heterocycles. The molecule has 1 fully saturated rings. The van der Waals surface area contributed by atoms with Crippen molar-refractivity contribution < 1.29 is 4.79 Å². The van der Waals surface area contributed by atoms with Crippen LogP contribution in [0.4, 0.5) is 11.8 Å². The molecule has 3 heterocycles. The molecule has 1 saturated heterocycles. The largest absolute Gasteiger partial charge is 0.348 e. The summed E-state index contributed by atoms with van der Waals surface area (Å²) in [7, 11) is 0. The molecule has 6 nitrogen and oxygen atoms in total. The maximum Gasteiger partial charge on any atom is 0.260 e. The third-order valence-electron chi connectivity index (χ3n) is 6.42. The first-order valence-corrected chi connectivity index (χ1v) is 12.7. The summed E-state index contributed by atoms with van der Waals surface area (Å²) in [4.78, 5) is 25.0. The number of piperidine rings is 1. The van der Waals surface area contributed by atoms with Crippen molar-refractivity contribution in [3.05, 3.63) is 83.4 Å². The zero-order valence-electron chi connectivity index (χ0n) is 19.3. The van der Waals surface area contributed by atoms with Crippen LogP contribution in [0.1, 0.15) is 41.7 Å². The van der Waals surface area contributed by atoms with Gasteiger partial charge in [0.05, 0.1) is 11.6 Å². The van der Waals surface area contributed by atoms with Crippen LogP contribution in [0.15, 0.2) is 72.2 Å². The van der Waals surface area contributed by atoms with Crippen molar-refractivity contribution in [2.24, 2.45) is 5.92 Å². The molecule has 2 aromatic carbocycles. The van der Waals surface area contributed by atoms with Crippen LogP contribution in [-0.4, -0.2) is 35.5 Å². The van der Waals surface area contributed by atoms with Gasteiger partial charge in [0.2, 0.25) is 5.95 Å². The summed E-state index contributed by atoms with van der Waals surface area (Å²) < 4.78 is 1.12. The van der Waals surface area contributed by atoms with Crippen LogP contribution in [0.3, 0.4) is 0 Å². The van der Waals surface area contributed by atoms with E-state index in [4.69, 9.17) is 4.98 Å². The quantitative estimate of drug-likeness (QED) is 0.372. The summed E-state index contributed by atoms with van der Waals surface area (Å²) >= 11 is 1.61. The average Bonchev–Trinajstić information content (AvgIpc) is 3.32. The van der Waals surface area contributed by atoms with Gasteiger partial charge in [-0.3, -0.25) is 9.69 Å². The van der Waals surface area contributed by atoms with Gasteiger partial charge >= 0.3 is 0 Å². The van der Waals surface area contributed by atoms with Gasteiger partial charge in [0, 0.05) is 28.2 Å². The summed E-state index contributed by atoms with van der Waals surface area (Å²) in [6.07, 6.45) is 3.83. The number of nitrogens with one attached hydrogen (secondary N) is 2. The van der Waals surface area contributed by atoms with Crippen LogP contribution in [0, 0.1) is 5.92 Å². The number of amides is 1. The summed E-state index contributed by atoms with van der Waals surface area (Å²) in [6, 6.07) is 20.2. The SMILES string of the molecule is C[C@H](Nc1nccc(N(CC2CCNCC2)C(=O)c2csc3ccccc23)n1)c1ccccc1. The van der Waals surface area contributed by atoms with Gasteiger partial charge in [-0.2, -0.15) is 4.98 Å². The number of anilines is 2. The molecule has 0 aliphatic carbocycles. The second-order valence-corrected chi connectivity index (χ2v) is 9.68. The lowest BCUT2D eigenvalue weighted by Gasteiger charge is -2.29. The Hall–Kier alpha value is -3.29. The van der Waals surface area contributed by atoms with Crippen LogP contribution >= 0.6 is 11.3 Å². The molecule has 2 N–H and O–H groups in total. The number of thiophene rings is 1. The maximum atomic E-state index is 13.9. The lowest BCUT2D eigenvalue weighted by molar-refractivity contribution is 0.0982. The Balaban J connectivity index is 1.45. The molecular weight excluding hydrogens is 442 g/mol. The van der Waals surface area contributed by atoms with E-state index in [0.717, 1.165) is 47.1 Å². The van der Waals surface area contributed by atoms with E-state index in [-0.39, 0.29) is 11.9 Å². The van der Waals surface area contributed by atoms with Crippen LogP contribution in [0.2, 0.25) is 0 Å². The van der Waals surface area contributed by atoms with Crippen LogP contribution < -0.4 is 15.5 Å². The highest BCUT2D eigenvalue weighted by Crippen LogP contribution is 2.29. The Bertz CT molecular complexity index is 1250.